The van der Waals surface area contributed by atoms with Crippen LogP contribution in [0.5, 0.6) is 5.75 Å². The van der Waals surface area contributed by atoms with Crippen molar-refractivity contribution in [3.8, 4) is 5.75 Å². The van der Waals surface area contributed by atoms with Gasteiger partial charge in [0.05, 0.1) is 5.41 Å². The minimum atomic E-state index is -0.606. The van der Waals surface area contributed by atoms with Gasteiger partial charge in [0, 0.05) is 18.9 Å². The number of nitrogens with one attached hydrogen (secondary N) is 1. The zero-order chi connectivity index (χ0) is 19.3. The van der Waals surface area contributed by atoms with E-state index < -0.39 is 11.3 Å². The molecule has 0 unspecified atom stereocenters. The third kappa shape index (κ3) is 4.46. The zero-order valence-electron chi connectivity index (χ0n) is 15.4. The molecule has 0 saturated carbocycles. The molecule has 6 heteroatoms. The molecule has 1 heterocycles. The smallest absolute Gasteiger partial charge is 0.255 e. The highest BCUT2D eigenvalue weighted by atomic mass is 16.5. The third-order valence-electron chi connectivity index (χ3n) is 4.84. The molecule has 0 radical (unpaired) electrons. The number of aryl methyl sites for hydroxylation is 1. The van der Waals surface area contributed by atoms with E-state index in [-0.39, 0.29) is 12.5 Å². The van der Waals surface area contributed by atoms with Gasteiger partial charge in [-0.2, -0.15) is 0 Å². The second-order valence-electron chi connectivity index (χ2n) is 6.80. The van der Waals surface area contributed by atoms with Gasteiger partial charge in [0.2, 0.25) is 5.91 Å². The number of hydrogen-bond donors (Lipinski definition) is 2. The van der Waals surface area contributed by atoms with Crippen LogP contribution in [0.25, 0.3) is 0 Å². The fourth-order valence-corrected chi connectivity index (χ4v) is 3.35. The average molecular weight is 368 g/mol. The van der Waals surface area contributed by atoms with Crippen LogP contribution in [0.4, 0.5) is 5.69 Å². The van der Waals surface area contributed by atoms with Crippen molar-refractivity contribution in [2.24, 2.45) is 5.73 Å². The molecular formula is C21H24N2O4. The van der Waals surface area contributed by atoms with Crippen LogP contribution in [0.2, 0.25) is 0 Å². The molecule has 2 amide bonds. The summed E-state index contributed by atoms with van der Waals surface area (Å²) in [5.74, 6) is -0.0551. The Morgan fingerprint density at radius 2 is 1.85 bits per heavy atom. The Labute approximate surface area is 158 Å². The zero-order valence-corrected chi connectivity index (χ0v) is 15.4. The monoisotopic (exact) mass is 368 g/mol. The second-order valence-corrected chi connectivity index (χ2v) is 6.80. The number of nitrogens with two attached hydrogens (primary N) is 1. The van der Waals surface area contributed by atoms with E-state index >= 15 is 0 Å². The van der Waals surface area contributed by atoms with Crippen molar-refractivity contribution in [2.75, 3.05) is 25.1 Å². The molecule has 2 aromatic carbocycles. The molecule has 0 aliphatic carbocycles. The van der Waals surface area contributed by atoms with Crippen LogP contribution >= 0.6 is 0 Å². The Hall–Kier alpha value is -2.86. The van der Waals surface area contributed by atoms with Gasteiger partial charge >= 0.3 is 0 Å². The highest BCUT2D eigenvalue weighted by Gasteiger charge is 2.41. The number of primary amides is 1. The molecule has 3 N–H and O–H groups in total. The molecular weight excluding hydrogens is 344 g/mol. The normalized spacial score (nSPS) is 15.7. The quantitative estimate of drug-likeness (QED) is 0.820. The summed E-state index contributed by atoms with van der Waals surface area (Å²) in [4.78, 5) is 24.0. The molecule has 0 spiro atoms. The van der Waals surface area contributed by atoms with Gasteiger partial charge in [0.1, 0.15) is 5.75 Å². The van der Waals surface area contributed by atoms with Gasteiger partial charge in [0.15, 0.2) is 6.61 Å². The summed E-state index contributed by atoms with van der Waals surface area (Å²) in [6, 6.07) is 15.0. The first kappa shape index (κ1) is 18.9. The van der Waals surface area contributed by atoms with E-state index in [0.29, 0.717) is 37.5 Å². The van der Waals surface area contributed by atoms with E-state index in [1.807, 2.05) is 25.1 Å². The highest BCUT2D eigenvalue weighted by Crippen LogP contribution is 2.36. The largest absolute Gasteiger partial charge is 0.484 e. The van der Waals surface area contributed by atoms with Crippen LogP contribution in [0, 0.1) is 6.92 Å². The first-order chi connectivity index (χ1) is 13.0. The van der Waals surface area contributed by atoms with Crippen molar-refractivity contribution in [1.29, 1.82) is 0 Å². The minimum Gasteiger partial charge on any atom is -0.484 e. The number of carbonyl (C=O) groups excluding carboxylic acids is 2. The van der Waals surface area contributed by atoms with Crippen LogP contribution in [-0.4, -0.2) is 31.6 Å². The molecule has 0 aromatic heterocycles. The molecule has 1 aliphatic heterocycles. The van der Waals surface area contributed by atoms with E-state index in [1.165, 1.54) is 0 Å². The summed E-state index contributed by atoms with van der Waals surface area (Å²) in [7, 11) is 0. The Morgan fingerprint density at radius 1 is 1.15 bits per heavy atom. The van der Waals surface area contributed by atoms with Gasteiger partial charge in [-0.3, -0.25) is 9.59 Å². The first-order valence-corrected chi connectivity index (χ1v) is 8.97. The predicted octanol–water partition coefficient (Wildman–Crippen LogP) is 2.55. The van der Waals surface area contributed by atoms with Crippen molar-refractivity contribution in [3.63, 3.8) is 0 Å². The average Bonchev–Trinajstić information content (AvgIpc) is 2.68. The van der Waals surface area contributed by atoms with Gasteiger partial charge in [-0.1, -0.05) is 29.8 Å². The summed E-state index contributed by atoms with van der Waals surface area (Å²) in [6.45, 7) is 2.96. The first-order valence-electron chi connectivity index (χ1n) is 8.97. The lowest BCUT2D eigenvalue weighted by Gasteiger charge is -2.36. The summed E-state index contributed by atoms with van der Waals surface area (Å²) in [5, 5.41) is 3.02. The third-order valence-corrected chi connectivity index (χ3v) is 4.84. The molecule has 0 bridgehead atoms. The Balaban J connectivity index is 1.78. The van der Waals surface area contributed by atoms with Crippen molar-refractivity contribution in [2.45, 2.75) is 25.2 Å². The summed E-state index contributed by atoms with van der Waals surface area (Å²) in [5.41, 5.74) is 7.28. The fraction of sp³-hybridized carbons (Fsp3) is 0.333. The van der Waals surface area contributed by atoms with E-state index in [4.69, 9.17) is 15.2 Å². The van der Waals surface area contributed by atoms with Crippen LogP contribution < -0.4 is 15.8 Å². The van der Waals surface area contributed by atoms with Gasteiger partial charge < -0.3 is 20.5 Å². The molecule has 2 aromatic rings. The number of anilines is 1. The molecule has 0 atom stereocenters. The van der Waals surface area contributed by atoms with E-state index in [0.717, 1.165) is 11.1 Å². The van der Waals surface area contributed by atoms with Gasteiger partial charge in [-0.15, -0.1) is 0 Å². The molecule has 1 aliphatic rings. The molecule has 6 nitrogen and oxygen atoms in total. The van der Waals surface area contributed by atoms with Crippen molar-refractivity contribution in [1.82, 2.24) is 0 Å². The van der Waals surface area contributed by atoms with Crippen molar-refractivity contribution >= 4 is 17.5 Å². The molecule has 1 fully saturated rings. The minimum absolute atomic E-state index is 0.0396. The Kier molecular flexibility index (Phi) is 5.76. The Morgan fingerprint density at radius 3 is 2.48 bits per heavy atom. The standard InChI is InChI=1S/C21H24N2O4/c1-15-3-2-4-16(13-15)21(9-11-26-12-10-21)20(25)23-17-5-7-18(8-6-17)27-14-19(22)24/h2-8,13H,9-12,14H2,1H3,(H2,22,24)(H,23,25). The lowest BCUT2D eigenvalue weighted by atomic mass is 9.73. The van der Waals surface area contributed by atoms with Gasteiger partial charge in [-0.05, 0) is 49.6 Å². The van der Waals surface area contributed by atoms with Gasteiger partial charge in [0.25, 0.3) is 5.91 Å². The summed E-state index contributed by atoms with van der Waals surface area (Å²) < 4.78 is 10.7. The number of ether oxygens (including phenoxy) is 2. The summed E-state index contributed by atoms with van der Waals surface area (Å²) >= 11 is 0. The number of benzene rings is 2. The Bertz CT molecular complexity index is 811. The SMILES string of the molecule is Cc1cccc(C2(C(=O)Nc3ccc(OCC(N)=O)cc3)CCOCC2)c1. The molecule has 27 heavy (non-hydrogen) atoms. The fourth-order valence-electron chi connectivity index (χ4n) is 3.35. The number of rotatable bonds is 6. The lowest BCUT2D eigenvalue weighted by Crippen LogP contribution is -2.44. The molecule has 142 valence electrons. The maximum Gasteiger partial charge on any atom is 0.255 e. The molecule has 3 rings (SSSR count). The maximum absolute atomic E-state index is 13.2. The van der Waals surface area contributed by atoms with Crippen molar-refractivity contribution in [3.05, 3.63) is 59.7 Å². The number of hydrogen-bond acceptors (Lipinski definition) is 4. The van der Waals surface area contributed by atoms with E-state index in [1.54, 1.807) is 24.3 Å². The summed E-state index contributed by atoms with van der Waals surface area (Å²) in [6.07, 6.45) is 1.28. The van der Waals surface area contributed by atoms with Gasteiger partial charge in [-0.25, -0.2) is 0 Å². The van der Waals surface area contributed by atoms with Crippen LogP contribution in [0.1, 0.15) is 24.0 Å². The van der Waals surface area contributed by atoms with Crippen LogP contribution in [0.15, 0.2) is 48.5 Å². The number of carbonyl (C=O) groups is 2. The predicted molar refractivity (Wildman–Crippen MR) is 103 cm³/mol. The molecule has 1 saturated heterocycles. The van der Waals surface area contributed by atoms with E-state index in [9.17, 15) is 9.59 Å². The second kappa shape index (κ2) is 8.22. The van der Waals surface area contributed by atoms with E-state index in [2.05, 4.69) is 11.4 Å². The van der Waals surface area contributed by atoms with Crippen LogP contribution in [0.3, 0.4) is 0 Å². The highest BCUT2D eigenvalue weighted by molar-refractivity contribution is 5.99. The van der Waals surface area contributed by atoms with Crippen LogP contribution in [-0.2, 0) is 19.7 Å². The maximum atomic E-state index is 13.2. The lowest BCUT2D eigenvalue weighted by molar-refractivity contribution is -0.125. The van der Waals surface area contributed by atoms with Crippen molar-refractivity contribution < 1.29 is 19.1 Å². The number of amides is 2. The topological polar surface area (TPSA) is 90.6 Å².